The molecule has 8 heteroatoms. The molecule has 110 valence electrons. The molecular weight excluding hydrogens is 274 g/mol. The largest absolute Gasteiger partial charge is 0.456 e. The maximum Gasteiger partial charge on any atom is 0.289 e. The lowest BCUT2D eigenvalue weighted by molar-refractivity contribution is 0.0709. The molecule has 1 saturated heterocycles. The molecule has 8 nitrogen and oxygen atoms in total. The van der Waals surface area contributed by atoms with Gasteiger partial charge in [0.1, 0.15) is 12.1 Å². The number of rotatable bonds is 2. The Bertz CT molecular complexity index is 686. The first-order valence-electron chi connectivity index (χ1n) is 6.65. The molecule has 0 aliphatic carbocycles. The second kappa shape index (κ2) is 5.39. The summed E-state index contributed by atoms with van der Waals surface area (Å²) in [4.78, 5) is 31.6. The number of piperazine rings is 1. The zero-order valence-electron chi connectivity index (χ0n) is 11.6. The molecule has 2 aromatic rings. The number of nitrogens with zero attached hydrogens (tertiary/aromatic N) is 4. The zero-order chi connectivity index (χ0) is 14.8. The van der Waals surface area contributed by atoms with Crippen molar-refractivity contribution >= 4 is 11.9 Å². The molecule has 1 fully saturated rings. The fraction of sp³-hybridized carbons (Fsp3) is 0.385. The summed E-state index contributed by atoms with van der Waals surface area (Å²) in [6, 6.07) is 2.59. The fourth-order valence-electron chi connectivity index (χ4n) is 2.34. The summed E-state index contributed by atoms with van der Waals surface area (Å²) >= 11 is 0. The molecule has 3 rings (SSSR count). The molecule has 21 heavy (non-hydrogen) atoms. The van der Waals surface area contributed by atoms with Gasteiger partial charge in [-0.15, -0.1) is 0 Å². The van der Waals surface area contributed by atoms with E-state index in [1.165, 1.54) is 18.5 Å². The summed E-state index contributed by atoms with van der Waals surface area (Å²) in [5.74, 6) is 0.969. The van der Waals surface area contributed by atoms with Crippen molar-refractivity contribution in [3.8, 4) is 0 Å². The Hall–Kier alpha value is -2.64. The van der Waals surface area contributed by atoms with Gasteiger partial charge in [-0.2, -0.15) is 10.1 Å². The second-order valence-electron chi connectivity index (χ2n) is 4.86. The third kappa shape index (κ3) is 2.78. The predicted octanol–water partition coefficient (Wildman–Crippen LogP) is 0.0287. The number of hydrogen-bond donors (Lipinski definition) is 1. The highest BCUT2D eigenvalue weighted by molar-refractivity contribution is 5.91. The van der Waals surface area contributed by atoms with Gasteiger partial charge < -0.3 is 14.2 Å². The van der Waals surface area contributed by atoms with Crippen LogP contribution in [-0.2, 0) is 0 Å². The Balaban J connectivity index is 1.69. The molecular formula is C13H15N5O3. The van der Waals surface area contributed by atoms with Crippen molar-refractivity contribution in [2.24, 2.45) is 0 Å². The van der Waals surface area contributed by atoms with E-state index in [4.69, 9.17) is 4.42 Å². The number of H-pyrrole nitrogens is 1. The van der Waals surface area contributed by atoms with Crippen LogP contribution in [0, 0.1) is 6.92 Å². The zero-order valence-corrected chi connectivity index (χ0v) is 11.6. The van der Waals surface area contributed by atoms with Gasteiger partial charge in [0.2, 0.25) is 5.95 Å². The van der Waals surface area contributed by atoms with Crippen LogP contribution >= 0.6 is 0 Å². The minimum Gasteiger partial charge on any atom is -0.456 e. The van der Waals surface area contributed by atoms with Crippen LogP contribution in [0.25, 0.3) is 0 Å². The van der Waals surface area contributed by atoms with E-state index < -0.39 is 0 Å². The van der Waals surface area contributed by atoms with Crippen LogP contribution in [0.5, 0.6) is 0 Å². The lowest BCUT2D eigenvalue weighted by Gasteiger charge is -2.33. The van der Waals surface area contributed by atoms with Gasteiger partial charge in [-0.3, -0.25) is 9.59 Å². The van der Waals surface area contributed by atoms with E-state index in [0.717, 1.165) is 0 Å². The first-order valence-corrected chi connectivity index (χ1v) is 6.65. The standard InChI is InChI=1S/C13H15N5O3/c1-9-6-10(19)7-11(21-9)12(20)17-2-4-18(5-3-17)13-14-8-15-16-13/h6-8H,2-5H2,1H3,(H,14,15,16). The van der Waals surface area contributed by atoms with Crippen LogP contribution in [0.3, 0.4) is 0 Å². The Morgan fingerprint density at radius 1 is 1.29 bits per heavy atom. The lowest BCUT2D eigenvalue weighted by Crippen LogP contribution is -2.49. The summed E-state index contributed by atoms with van der Waals surface area (Å²) in [6.45, 7) is 4.03. The van der Waals surface area contributed by atoms with Gasteiger partial charge in [0, 0.05) is 38.3 Å². The van der Waals surface area contributed by atoms with E-state index in [1.54, 1.807) is 11.8 Å². The van der Waals surface area contributed by atoms with Gasteiger partial charge in [0.15, 0.2) is 11.2 Å². The lowest BCUT2D eigenvalue weighted by atomic mass is 10.2. The van der Waals surface area contributed by atoms with E-state index in [-0.39, 0.29) is 17.1 Å². The number of aryl methyl sites for hydroxylation is 1. The molecule has 2 aromatic heterocycles. The van der Waals surface area contributed by atoms with Crippen LogP contribution in [0.15, 0.2) is 27.7 Å². The molecule has 0 unspecified atom stereocenters. The highest BCUT2D eigenvalue weighted by Gasteiger charge is 2.25. The minimum atomic E-state index is -0.256. The van der Waals surface area contributed by atoms with Gasteiger partial charge in [-0.25, -0.2) is 5.10 Å². The van der Waals surface area contributed by atoms with E-state index >= 15 is 0 Å². The fourth-order valence-corrected chi connectivity index (χ4v) is 2.34. The number of carbonyl (C=O) groups is 1. The van der Waals surface area contributed by atoms with Gasteiger partial charge in [0.25, 0.3) is 5.91 Å². The summed E-state index contributed by atoms with van der Waals surface area (Å²) < 4.78 is 5.34. The second-order valence-corrected chi connectivity index (χ2v) is 4.86. The van der Waals surface area contributed by atoms with Crippen molar-refractivity contribution < 1.29 is 9.21 Å². The molecule has 0 radical (unpaired) electrons. The van der Waals surface area contributed by atoms with Crippen molar-refractivity contribution in [1.29, 1.82) is 0 Å². The van der Waals surface area contributed by atoms with Crippen LogP contribution in [0.1, 0.15) is 16.3 Å². The number of aromatic amines is 1. The molecule has 1 aliphatic rings. The van der Waals surface area contributed by atoms with E-state index in [1.807, 2.05) is 4.90 Å². The topological polar surface area (TPSA) is 95.3 Å². The van der Waals surface area contributed by atoms with Crippen LogP contribution in [0.2, 0.25) is 0 Å². The SMILES string of the molecule is Cc1cc(=O)cc(C(=O)N2CCN(c3ncn[nH]3)CC2)o1. The number of aromatic nitrogens is 3. The van der Waals surface area contributed by atoms with E-state index in [0.29, 0.717) is 37.9 Å². The number of anilines is 1. The smallest absolute Gasteiger partial charge is 0.289 e. The number of nitrogens with one attached hydrogen (secondary N) is 1. The molecule has 0 atom stereocenters. The van der Waals surface area contributed by atoms with E-state index in [2.05, 4.69) is 15.2 Å². The number of carbonyl (C=O) groups excluding carboxylic acids is 1. The van der Waals surface area contributed by atoms with Crippen molar-refractivity contribution in [3.63, 3.8) is 0 Å². The molecule has 0 bridgehead atoms. The van der Waals surface area contributed by atoms with E-state index in [9.17, 15) is 9.59 Å². The van der Waals surface area contributed by atoms with Crippen LogP contribution in [0.4, 0.5) is 5.95 Å². The van der Waals surface area contributed by atoms with Crippen molar-refractivity contribution in [3.05, 3.63) is 40.2 Å². The summed E-state index contributed by atoms with van der Waals surface area (Å²) in [6.07, 6.45) is 1.45. The molecule has 3 heterocycles. The summed E-state index contributed by atoms with van der Waals surface area (Å²) in [7, 11) is 0. The summed E-state index contributed by atoms with van der Waals surface area (Å²) in [5, 5.41) is 6.61. The maximum absolute atomic E-state index is 12.3. The van der Waals surface area contributed by atoms with Crippen LogP contribution in [-0.4, -0.2) is 52.2 Å². The maximum atomic E-state index is 12.3. The molecule has 1 N–H and O–H groups in total. The monoisotopic (exact) mass is 289 g/mol. The van der Waals surface area contributed by atoms with Crippen molar-refractivity contribution in [1.82, 2.24) is 20.1 Å². The third-order valence-electron chi connectivity index (χ3n) is 3.37. The quantitative estimate of drug-likeness (QED) is 0.838. The average molecular weight is 289 g/mol. The first-order chi connectivity index (χ1) is 10.1. The van der Waals surface area contributed by atoms with Crippen molar-refractivity contribution in [2.45, 2.75) is 6.92 Å². The first kappa shape index (κ1) is 13.3. The summed E-state index contributed by atoms with van der Waals surface area (Å²) in [5.41, 5.74) is -0.220. The number of amides is 1. The molecule has 0 aromatic carbocycles. The van der Waals surface area contributed by atoms with Crippen molar-refractivity contribution in [2.75, 3.05) is 31.1 Å². The van der Waals surface area contributed by atoms with Gasteiger partial charge in [-0.05, 0) is 6.92 Å². The average Bonchev–Trinajstić information content (AvgIpc) is 3.00. The van der Waals surface area contributed by atoms with Gasteiger partial charge >= 0.3 is 0 Å². The molecule has 1 amide bonds. The van der Waals surface area contributed by atoms with Crippen LogP contribution < -0.4 is 10.3 Å². The van der Waals surface area contributed by atoms with Gasteiger partial charge in [0.05, 0.1) is 0 Å². The number of hydrogen-bond acceptors (Lipinski definition) is 6. The van der Waals surface area contributed by atoms with Gasteiger partial charge in [-0.1, -0.05) is 0 Å². The molecule has 0 spiro atoms. The Morgan fingerprint density at radius 3 is 2.67 bits per heavy atom. The minimum absolute atomic E-state index is 0.0908. The predicted molar refractivity (Wildman–Crippen MR) is 74.2 cm³/mol. The normalized spacial score (nSPS) is 15.3. The molecule has 1 aliphatic heterocycles. The Kier molecular flexibility index (Phi) is 3.43. The Morgan fingerprint density at radius 2 is 2.05 bits per heavy atom. The Labute approximate surface area is 120 Å². The highest BCUT2D eigenvalue weighted by Crippen LogP contribution is 2.12. The third-order valence-corrected chi connectivity index (χ3v) is 3.37. The molecule has 0 saturated carbocycles. The highest BCUT2D eigenvalue weighted by atomic mass is 16.3.